The minimum atomic E-state index is -0.209. The van der Waals surface area contributed by atoms with E-state index in [2.05, 4.69) is 37.3 Å². The van der Waals surface area contributed by atoms with Crippen molar-refractivity contribution < 1.29 is 4.79 Å². The lowest BCUT2D eigenvalue weighted by molar-refractivity contribution is 0.0949. The van der Waals surface area contributed by atoms with Crippen LogP contribution in [0.4, 0.5) is 11.6 Å². The molecule has 4 rings (SSSR count). The van der Waals surface area contributed by atoms with Crippen LogP contribution in [0.2, 0.25) is 0 Å². The fourth-order valence-corrected chi connectivity index (χ4v) is 2.90. The number of hydrogen-bond acceptors (Lipinski definition) is 5. The summed E-state index contributed by atoms with van der Waals surface area (Å²) >= 11 is 0. The van der Waals surface area contributed by atoms with Crippen LogP contribution in [0.1, 0.15) is 21.6 Å². The number of nitrogens with zero attached hydrogens (tertiary/aromatic N) is 4. The molecule has 0 radical (unpaired) electrons. The number of hydrogen-bond donors (Lipinski definition) is 1. The van der Waals surface area contributed by atoms with E-state index in [1.165, 1.54) is 5.56 Å². The number of para-hydroxylation sites is 1. The molecule has 0 atom stereocenters. The predicted octanol–water partition coefficient (Wildman–Crippen LogP) is 2.50. The molecule has 0 fully saturated rings. The van der Waals surface area contributed by atoms with E-state index < -0.39 is 0 Å². The van der Waals surface area contributed by atoms with E-state index in [0.29, 0.717) is 18.1 Å². The van der Waals surface area contributed by atoms with Gasteiger partial charge in [0.15, 0.2) is 0 Å². The van der Waals surface area contributed by atoms with Crippen molar-refractivity contribution >= 4 is 17.5 Å². The predicted molar refractivity (Wildman–Crippen MR) is 94.6 cm³/mol. The number of carbonyl (C=O) groups excluding carboxylic acids is 1. The van der Waals surface area contributed by atoms with Gasteiger partial charge < -0.3 is 10.2 Å². The Morgan fingerprint density at radius 3 is 2.64 bits per heavy atom. The second kappa shape index (κ2) is 6.68. The molecule has 1 aliphatic rings. The summed E-state index contributed by atoms with van der Waals surface area (Å²) in [5.41, 5.74) is 3.67. The molecule has 3 heterocycles. The topological polar surface area (TPSA) is 71.0 Å². The lowest BCUT2D eigenvalue weighted by atomic mass is 10.2. The molecule has 1 amide bonds. The van der Waals surface area contributed by atoms with E-state index in [0.717, 1.165) is 24.3 Å². The van der Waals surface area contributed by atoms with E-state index in [9.17, 15) is 4.79 Å². The Kier molecular flexibility index (Phi) is 4.08. The Morgan fingerprint density at radius 2 is 1.84 bits per heavy atom. The molecule has 6 heteroatoms. The largest absolute Gasteiger partial charge is 0.346 e. The average Bonchev–Trinajstić information content (AvgIpc) is 3.11. The van der Waals surface area contributed by atoms with Gasteiger partial charge in [-0.1, -0.05) is 24.3 Å². The summed E-state index contributed by atoms with van der Waals surface area (Å²) in [5.74, 6) is 0.408. The van der Waals surface area contributed by atoms with E-state index in [1.807, 2.05) is 30.3 Å². The molecule has 0 aliphatic carbocycles. The van der Waals surface area contributed by atoms with Crippen LogP contribution >= 0.6 is 0 Å². The van der Waals surface area contributed by atoms with Crippen LogP contribution in [-0.4, -0.2) is 27.4 Å². The Balaban J connectivity index is 1.45. The lowest BCUT2D eigenvalue weighted by Crippen LogP contribution is -2.24. The first-order valence-electron chi connectivity index (χ1n) is 8.17. The molecule has 0 saturated heterocycles. The van der Waals surface area contributed by atoms with E-state index in [1.54, 1.807) is 18.6 Å². The minimum Gasteiger partial charge on any atom is -0.346 e. The highest BCUT2D eigenvalue weighted by Crippen LogP contribution is 2.31. The van der Waals surface area contributed by atoms with Gasteiger partial charge in [0.2, 0.25) is 5.95 Å². The molecule has 0 spiro atoms. The maximum absolute atomic E-state index is 12.2. The summed E-state index contributed by atoms with van der Waals surface area (Å²) in [6, 6.07) is 13.8. The number of fused-ring (bicyclic) bond motifs is 1. The summed E-state index contributed by atoms with van der Waals surface area (Å²) in [7, 11) is 0. The SMILES string of the molecule is O=C(NCc1ccccn1)c1cnc(N2CCc3ccccc32)nc1. The standard InChI is InChI=1S/C19H17N5O/c25-18(21-13-16-6-3-4-9-20-16)15-11-22-19(23-12-15)24-10-8-14-5-1-2-7-17(14)24/h1-7,9,11-12H,8,10,13H2,(H,21,25). The second-order valence-corrected chi connectivity index (χ2v) is 5.81. The van der Waals surface area contributed by atoms with Gasteiger partial charge in [0.05, 0.1) is 17.8 Å². The number of carbonyl (C=O) groups is 1. The smallest absolute Gasteiger partial charge is 0.254 e. The molecule has 2 aromatic heterocycles. The van der Waals surface area contributed by atoms with Crippen molar-refractivity contribution in [1.82, 2.24) is 20.3 Å². The Hall–Kier alpha value is -3.28. The maximum atomic E-state index is 12.2. The molecular formula is C19H17N5O. The number of anilines is 2. The molecule has 0 saturated carbocycles. The molecule has 124 valence electrons. The fraction of sp³-hybridized carbons (Fsp3) is 0.158. The number of rotatable bonds is 4. The highest BCUT2D eigenvalue weighted by molar-refractivity contribution is 5.93. The molecule has 25 heavy (non-hydrogen) atoms. The van der Waals surface area contributed by atoms with Gasteiger partial charge in [0, 0.05) is 30.8 Å². The Bertz CT molecular complexity index is 880. The van der Waals surface area contributed by atoms with Crippen molar-refractivity contribution in [1.29, 1.82) is 0 Å². The van der Waals surface area contributed by atoms with Crippen LogP contribution in [-0.2, 0) is 13.0 Å². The van der Waals surface area contributed by atoms with Crippen LogP contribution in [0.5, 0.6) is 0 Å². The van der Waals surface area contributed by atoms with Crippen molar-refractivity contribution in [2.45, 2.75) is 13.0 Å². The van der Waals surface area contributed by atoms with Gasteiger partial charge in [0.1, 0.15) is 0 Å². The normalized spacial score (nSPS) is 12.7. The number of aromatic nitrogens is 3. The van der Waals surface area contributed by atoms with Crippen LogP contribution in [0.25, 0.3) is 0 Å². The summed E-state index contributed by atoms with van der Waals surface area (Å²) in [5, 5.41) is 2.82. The van der Waals surface area contributed by atoms with Crippen LogP contribution in [0.15, 0.2) is 61.1 Å². The van der Waals surface area contributed by atoms with Gasteiger partial charge in [-0.3, -0.25) is 9.78 Å². The number of benzene rings is 1. The first-order chi connectivity index (χ1) is 12.3. The zero-order chi connectivity index (χ0) is 17.1. The number of nitrogens with one attached hydrogen (secondary N) is 1. The van der Waals surface area contributed by atoms with Gasteiger partial charge in [-0.15, -0.1) is 0 Å². The van der Waals surface area contributed by atoms with Gasteiger partial charge in [-0.05, 0) is 30.2 Å². The van der Waals surface area contributed by atoms with E-state index in [4.69, 9.17) is 0 Å². The van der Waals surface area contributed by atoms with Crippen LogP contribution in [0, 0.1) is 0 Å². The summed E-state index contributed by atoms with van der Waals surface area (Å²) in [4.78, 5) is 27.2. The third-order valence-electron chi connectivity index (χ3n) is 4.19. The van der Waals surface area contributed by atoms with Gasteiger partial charge in [-0.25, -0.2) is 9.97 Å². The van der Waals surface area contributed by atoms with E-state index >= 15 is 0 Å². The zero-order valence-electron chi connectivity index (χ0n) is 13.6. The first kappa shape index (κ1) is 15.3. The first-order valence-corrected chi connectivity index (χ1v) is 8.17. The Morgan fingerprint density at radius 1 is 1.04 bits per heavy atom. The van der Waals surface area contributed by atoms with Crippen LogP contribution in [0.3, 0.4) is 0 Å². The number of amides is 1. The lowest BCUT2D eigenvalue weighted by Gasteiger charge is -2.16. The van der Waals surface area contributed by atoms with Crippen molar-refractivity contribution in [2.75, 3.05) is 11.4 Å². The molecule has 6 nitrogen and oxygen atoms in total. The third-order valence-corrected chi connectivity index (χ3v) is 4.19. The van der Waals surface area contributed by atoms with E-state index in [-0.39, 0.29) is 5.91 Å². The van der Waals surface area contributed by atoms with Crippen molar-refractivity contribution in [3.63, 3.8) is 0 Å². The molecule has 0 bridgehead atoms. The highest BCUT2D eigenvalue weighted by Gasteiger charge is 2.21. The molecule has 0 unspecified atom stereocenters. The third kappa shape index (κ3) is 3.19. The molecule has 1 aromatic carbocycles. The van der Waals surface area contributed by atoms with Crippen molar-refractivity contribution in [3.8, 4) is 0 Å². The monoisotopic (exact) mass is 331 g/mol. The van der Waals surface area contributed by atoms with Crippen molar-refractivity contribution in [2.24, 2.45) is 0 Å². The Labute approximate surface area is 145 Å². The molecular weight excluding hydrogens is 314 g/mol. The molecule has 3 aromatic rings. The van der Waals surface area contributed by atoms with Gasteiger partial charge in [0.25, 0.3) is 5.91 Å². The summed E-state index contributed by atoms with van der Waals surface area (Å²) < 4.78 is 0. The zero-order valence-corrected chi connectivity index (χ0v) is 13.6. The van der Waals surface area contributed by atoms with Gasteiger partial charge in [-0.2, -0.15) is 0 Å². The summed E-state index contributed by atoms with van der Waals surface area (Å²) in [6.45, 7) is 1.23. The average molecular weight is 331 g/mol. The van der Waals surface area contributed by atoms with Crippen molar-refractivity contribution in [3.05, 3.63) is 77.9 Å². The second-order valence-electron chi connectivity index (χ2n) is 5.81. The summed E-state index contributed by atoms with van der Waals surface area (Å²) in [6.07, 6.45) is 5.81. The molecule has 1 aliphatic heterocycles. The van der Waals surface area contributed by atoms with Crippen LogP contribution < -0.4 is 10.2 Å². The maximum Gasteiger partial charge on any atom is 0.254 e. The number of pyridine rings is 1. The quantitative estimate of drug-likeness (QED) is 0.795. The highest BCUT2D eigenvalue weighted by atomic mass is 16.1. The van der Waals surface area contributed by atoms with Gasteiger partial charge >= 0.3 is 0 Å². The molecule has 1 N–H and O–H groups in total. The minimum absolute atomic E-state index is 0.209. The fourth-order valence-electron chi connectivity index (χ4n) is 2.90.